The molecule has 0 saturated carbocycles. The van der Waals surface area contributed by atoms with E-state index in [4.69, 9.17) is 4.52 Å². The van der Waals surface area contributed by atoms with Crippen LogP contribution in [-0.2, 0) is 13.6 Å². The Hall–Kier alpha value is -3.55. The van der Waals surface area contributed by atoms with Crippen LogP contribution < -0.4 is 5.56 Å². The molecule has 27 heavy (non-hydrogen) atoms. The van der Waals surface area contributed by atoms with E-state index in [1.807, 2.05) is 39.2 Å². The molecule has 4 heterocycles. The molecule has 0 N–H and O–H groups in total. The van der Waals surface area contributed by atoms with Gasteiger partial charge in [0, 0.05) is 53.5 Å². The van der Waals surface area contributed by atoms with Crippen molar-refractivity contribution in [3.05, 3.63) is 70.4 Å². The van der Waals surface area contributed by atoms with Gasteiger partial charge in [-0.3, -0.25) is 14.5 Å². The fourth-order valence-electron chi connectivity index (χ4n) is 2.84. The van der Waals surface area contributed by atoms with E-state index in [9.17, 15) is 4.79 Å². The molecule has 0 aliphatic rings. The summed E-state index contributed by atoms with van der Waals surface area (Å²) in [6, 6.07) is 5.40. The van der Waals surface area contributed by atoms with Crippen LogP contribution in [0.15, 0.2) is 52.3 Å². The zero-order valence-electron chi connectivity index (χ0n) is 15.2. The van der Waals surface area contributed by atoms with Crippen LogP contribution >= 0.6 is 0 Å². The Balaban J connectivity index is 1.68. The van der Waals surface area contributed by atoms with Gasteiger partial charge in [0.05, 0.1) is 18.9 Å². The number of pyridine rings is 1. The largest absolute Gasteiger partial charge is 0.361 e. The molecule has 8 heteroatoms. The quantitative estimate of drug-likeness (QED) is 0.553. The molecule has 0 aliphatic heterocycles. The van der Waals surface area contributed by atoms with E-state index >= 15 is 0 Å². The smallest absolute Gasteiger partial charge is 0.267 e. The molecule has 0 unspecified atom stereocenters. The van der Waals surface area contributed by atoms with E-state index in [2.05, 4.69) is 20.3 Å². The van der Waals surface area contributed by atoms with Gasteiger partial charge in [0.15, 0.2) is 0 Å². The zero-order valence-corrected chi connectivity index (χ0v) is 15.2. The Kier molecular flexibility index (Phi) is 4.15. The third kappa shape index (κ3) is 3.29. The molecule has 0 atom stereocenters. The maximum absolute atomic E-state index is 12.6. The van der Waals surface area contributed by atoms with Crippen LogP contribution in [0.4, 0.5) is 0 Å². The third-order valence-corrected chi connectivity index (χ3v) is 4.39. The normalized spacial score (nSPS) is 11.1. The molecule has 8 nitrogen and oxygen atoms in total. The van der Waals surface area contributed by atoms with E-state index in [1.54, 1.807) is 29.3 Å². The molecule has 4 aromatic rings. The van der Waals surface area contributed by atoms with Crippen molar-refractivity contribution in [2.24, 2.45) is 7.05 Å². The first-order valence-corrected chi connectivity index (χ1v) is 8.45. The molecule has 0 radical (unpaired) electrons. The van der Waals surface area contributed by atoms with Crippen molar-refractivity contribution in [1.29, 1.82) is 0 Å². The number of rotatable bonds is 4. The molecule has 0 aliphatic carbocycles. The minimum Gasteiger partial charge on any atom is -0.361 e. The van der Waals surface area contributed by atoms with Crippen LogP contribution in [0.2, 0.25) is 0 Å². The highest BCUT2D eigenvalue weighted by Crippen LogP contribution is 2.25. The van der Waals surface area contributed by atoms with Crippen molar-refractivity contribution in [3.8, 4) is 22.4 Å². The molecule has 0 spiro atoms. The van der Waals surface area contributed by atoms with Gasteiger partial charge in [-0.2, -0.15) is 10.2 Å². The molecule has 0 fully saturated rings. The van der Waals surface area contributed by atoms with E-state index in [0.29, 0.717) is 11.5 Å². The van der Waals surface area contributed by atoms with Gasteiger partial charge in [-0.25, -0.2) is 4.68 Å². The van der Waals surface area contributed by atoms with Gasteiger partial charge < -0.3 is 4.52 Å². The minimum atomic E-state index is -0.204. The number of hydrogen-bond donors (Lipinski definition) is 0. The molecule has 0 saturated heterocycles. The Labute approximate surface area is 155 Å². The summed E-state index contributed by atoms with van der Waals surface area (Å²) in [7, 11) is 1.83. The van der Waals surface area contributed by atoms with Crippen molar-refractivity contribution in [3.63, 3.8) is 0 Å². The molecular formula is C19H18N6O2. The Morgan fingerprint density at radius 1 is 1.04 bits per heavy atom. The molecule has 0 aromatic carbocycles. The van der Waals surface area contributed by atoms with Gasteiger partial charge in [0.1, 0.15) is 11.5 Å². The first kappa shape index (κ1) is 16.9. The van der Waals surface area contributed by atoms with Crippen molar-refractivity contribution in [2.75, 3.05) is 0 Å². The first-order valence-electron chi connectivity index (χ1n) is 8.45. The van der Waals surface area contributed by atoms with Crippen molar-refractivity contribution < 1.29 is 4.52 Å². The second-order valence-corrected chi connectivity index (χ2v) is 6.40. The average molecular weight is 362 g/mol. The van der Waals surface area contributed by atoms with E-state index in [0.717, 1.165) is 27.9 Å². The number of aryl methyl sites for hydroxylation is 3. The summed E-state index contributed by atoms with van der Waals surface area (Å²) >= 11 is 0. The standard InChI is InChI=1S/C19H18N6O2/c1-12-4-5-14(7-20-12)19-17(13(2)27-23-19)11-25-18(26)6-15(8-22-25)16-9-21-24(3)10-16/h4-10H,11H2,1-3H3. The SMILES string of the molecule is Cc1ccc(-c2noc(C)c2Cn2ncc(-c3cnn(C)c3)cc2=O)cn1. The van der Waals surface area contributed by atoms with E-state index in [-0.39, 0.29) is 12.1 Å². The summed E-state index contributed by atoms with van der Waals surface area (Å²) < 4.78 is 8.43. The van der Waals surface area contributed by atoms with Gasteiger partial charge in [-0.15, -0.1) is 0 Å². The molecule has 4 aromatic heterocycles. The lowest BCUT2D eigenvalue weighted by Crippen LogP contribution is -2.23. The lowest BCUT2D eigenvalue weighted by Gasteiger charge is -2.06. The van der Waals surface area contributed by atoms with E-state index in [1.165, 1.54) is 4.68 Å². The zero-order chi connectivity index (χ0) is 19.0. The highest BCUT2D eigenvalue weighted by Gasteiger charge is 2.17. The highest BCUT2D eigenvalue weighted by molar-refractivity contribution is 5.62. The Morgan fingerprint density at radius 3 is 2.52 bits per heavy atom. The van der Waals surface area contributed by atoms with Crippen LogP contribution in [0.1, 0.15) is 17.0 Å². The predicted molar refractivity (Wildman–Crippen MR) is 99.0 cm³/mol. The predicted octanol–water partition coefficient (Wildman–Crippen LogP) is 2.36. The van der Waals surface area contributed by atoms with Crippen LogP contribution in [0, 0.1) is 13.8 Å². The van der Waals surface area contributed by atoms with Crippen molar-refractivity contribution in [2.45, 2.75) is 20.4 Å². The van der Waals surface area contributed by atoms with Crippen molar-refractivity contribution in [1.82, 2.24) is 29.7 Å². The molecule has 0 bridgehead atoms. The van der Waals surface area contributed by atoms with Gasteiger partial charge in [0.25, 0.3) is 5.56 Å². The van der Waals surface area contributed by atoms with Crippen LogP contribution in [0.25, 0.3) is 22.4 Å². The molecule has 4 rings (SSSR count). The molecular weight excluding hydrogens is 344 g/mol. The van der Waals surface area contributed by atoms with Gasteiger partial charge in [-0.1, -0.05) is 5.16 Å². The maximum Gasteiger partial charge on any atom is 0.267 e. The van der Waals surface area contributed by atoms with Crippen LogP contribution in [-0.4, -0.2) is 29.7 Å². The number of nitrogens with zero attached hydrogens (tertiary/aromatic N) is 6. The number of hydrogen-bond acceptors (Lipinski definition) is 6. The average Bonchev–Trinajstić information content (AvgIpc) is 3.24. The number of aromatic nitrogens is 6. The topological polar surface area (TPSA) is 91.6 Å². The second kappa shape index (κ2) is 6.64. The summed E-state index contributed by atoms with van der Waals surface area (Å²) in [4.78, 5) is 16.9. The Morgan fingerprint density at radius 2 is 1.85 bits per heavy atom. The summed E-state index contributed by atoms with van der Waals surface area (Å²) in [5, 5.41) is 12.6. The summed E-state index contributed by atoms with van der Waals surface area (Å²) in [6.07, 6.45) is 6.95. The highest BCUT2D eigenvalue weighted by atomic mass is 16.5. The minimum absolute atomic E-state index is 0.204. The molecule has 136 valence electrons. The van der Waals surface area contributed by atoms with E-state index < -0.39 is 0 Å². The van der Waals surface area contributed by atoms with Gasteiger partial charge in [0.2, 0.25) is 0 Å². The lowest BCUT2D eigenvalue weighted by molar-refractivity contribution is 0.397. The third-order valence-electron chi connectivity index (χ3n) is 4.39. The van der Waals surface area contributed by atoms with Gasteiger partial charge in [-0.05, 0) is 26.0 Å². The van der Waals surface area contributed by atoms with Gasteiger partial charge >= 0.3 is 0 Å². The maximum atomic E-state index is 12.6. The summed E-state index contributed by atoms with van der Waals surface area (Å²) in [6.45, 7) is 4.01. The van der Waals surface area contributed by atoms with Crippen LogP contribution in [0.5, 0.6) is 0 Å². The fraction of sp³-hybridized carbons (Fsp3) is 0.211. The van der Waals surface area contributed by atoms with Crippen molar-refractivity contribution >= 4 is 0 Å². The first-order chi connectivity index (χ1) is 13.0. The second-order valence-electron chi connectivity index (χ2n) is 6.40. The fourth-order valence-corrected chi connectivity index (χ4v) is 2.84. The lowest BCUT2D eigenvalue weighted by atomic mass is 10.1. The molecule has 0 amide bonds. The Bertz CT molecular complexity index is 1150. The summed E-state index contributed by atoms with van der Waals surface area (Å²) in [5.41, 5.74) is 4.62. The van der Waals surface area contributed by atoms with Crippen LogP contribution in [0.3, 0.4) is 0 Å². The summed E-state index contributed by atoms with van der Waals surface area (Å²) in [5.74, 6) is 0.649. The monoisotopic (exact) mass is 362 g/mol.